The van der Waals surface area contributed by atoms with Gasteiger partial charge in [0, 0.05) is 11.6 Å². The molecule has 0 aliphatic rings. The standard InChI is InChI=1S/C10H11IN2O/c1-6-4-7(9(13)2-3-12)10(14)8(11)5-6/h4-5,9,14H,2,13H2,1H3/t9-/m1/s1. The smallest absolute Gasteiger partial charge is 0.133 e. The normalized spacial score (nSPS) is 12.1. The van der Waals surface area contributed by atoms with Crippen LogP contribution in [0.3, 0.4) is 0 Å². The maximum absolute atomic E-state index is 9.72. The van der Waals surface area contributed by atoms with E-state index in [1.165, 1.54) is 0 Å². The van der Waals surface area contributed by atoms with Gasteiger partial charge >= 0.3 is 0 Å². The van der Waals surface area contributed by atoms with Crippen LogP contribution in [0.4, 0.5) is 0 Å². The maximum atomic E-state index is 9.72. The Hall–Kier alpha value is -0.800. The van der Waals surface area contributed by atoms with Crippen molar-refractivity contribution < 1.29 is 5.11 Å². The van der Waals surface area contributed by atoms with Crippen LogP contribution in [-0.2, 0) is 0 Å². The highest BCUT2D eigenvalue weighted by Crippen LogP contribution is 2.30. The number of hydrogen-bond acceptors (Lipinski definition) is 3. The third kappa shape index (κ3) is 2.36. The lowest BCUT2D eigenvalue weighted by molar-refractivity contribution is 0.458. The molecule has 0 aliphatic heterocycles. The molecule has 0 spiro atoms. The van der Waals surface area contributed by atoms with Crippen LogP contribution in [0.15, 0.2) is 12.1 Å². The summed E-state index contributed by atoms with van der Waals surface area (Å²) in [5.74, 6) is 0.193. The number of aryl methyl sites for hydroxylation is 1. The Morgan fingerprint density at radius 3 is 2.86 bits per heavy atom. The fourth-order valence-electron chi connectivity index (χ4n) is 1.25. The highest BCUT2D eigenvalue weighted by Gasteiger charge is 2.13. The quantitative estimate of drug-likeness (QED) is 0.823. The molecule has 1 atom stereocenters. The molecule has 0 bridgehead atoms. The van der Waals surface area contributed by atoms with Crippen LogP contribution in [0.2, 0.25) is 0 Å². The van der Waals surface area contributed by atoms with Crippen LogP contribution in [0.25, 0.3) is 0 Å². The Labute approximate surface area is 96.7 Å². The minimum atomic E-state index is -0.409. The SMILES string of the molecule is Cc1cc(I)c(O)c([C@H](N)CC#N)c1. The Bertz CT molecular complexity index is 384. The molecular formula is C10H11IN2O. The minimum Gasteiger partial charge on any atom is -0.506 e. The Morgan fingerprint density at radius 1 is 1.64 bits per heavy atom. The molecule has 74 valence electrons. The summed E-state index contributed by atoms with van der Waals surface area (Å²) in [5, 5.41) is 18.2. The van der Waals surface area contributed by atoms with E-state index in [0.717, 1.165) is 9.13 Å². The highest BCUT2D eigenvalue weighted by atomic mass is 127. The number of benzene rings is 1. The summed E-state index contributed by atoms with van der Waals surface area (Å²) in [4.78, 5) is 0. The second kappa shape index (κ2) is 4.62. The van der Waals surface area contributed by atoms with Crippen LogP contribution in [-0.4, -0.2) is 5.11 Å². The monoisotopic (exact) mass is 302 g/mol. The van der Waals surface area contributed by atoms with Crippen molar-refractivity contribution in [1.29, 1.82) is 5.26 Å². The Morgan fingerprint density at radius 2 is 2.29 bits per heavy atom. The molecule has 0 unspecified atom stereocenters. The molecule has 14 heavy (non-hydrogen) atoms. The molecule has 3 N–H and O–H groups in total. The van der Waals surface area contributed by atoms with Crippen LogP contribution in [0, 0.1) is 21.8 Å². The minimum absolute atomic E-state index is 0.193. The molecule has 0 fully saturated rings. The Kier molecular flexibility index (Phi) is 3.72. The molecule has 0 saturated heterocycles. The predicted octanol–water partition coefficient (Wildman–Crippen LogP) is 2.22. The molecule has 0 amide bonds. The molecule has 3 nitrogen and oxygen atoms in total. The number of phenolic OH excluding ortho intramolecular Hbond substituents is 1. The first-order chi connectivity index (χ1) is 6.56. The topological polar surface area (TPSA) is 70.0 Å². The second-order valence-corrected chi connectivity index (χ2v) is 4.32. The lowest BCUT2D eigenvalue weighted by atomic mass is 10.0. The van der Waals surface area contributed by atoms with E-state index in [1.54, 1.807) is 0 Å². The van der Waals surface area contributed by atoms with E-state index in [2.05, 4.69) is 0 Å². The molecule has 1 aromatic carbocycles. The summed E-state index contributed by atoms with van der Waals surface area (Å²) in [7, 11) is 0. The van der Waals surface area contributed by atoms with Crippen molar-refractivity contribution in [2.45, 2.75) is 19.4 Å². The third-order valence-corrected chi connectivity index (χ3v) is 2.77. The average molecular weight is 302 g/mol. The van der Waals surface area contributed by atoms with Crippen molar-refractivity contribution >= 4 is 22.6 Å². The first kappa shape index (κ1) is 11.3. The summed E-state index contributed by atoms with van der Waals surface area (Å²) in [6.07, 6.45) is 0.215. The average Bonchev–Trinajstić information content (AvgIpc) is 2.11. The summed E-state index contributed by atoms with van der Waals surface area (Å²) in [6.45, 7) is 1.93. The second-order valence-electron chi connectivity index (χ2n) is 3.15. The molecule has 0 heterocycles. The number of nitrogens with zero attached hydrogens (tertiary/aromatic N) is 1. The Balaban J connectivity index is 3.14. The van der Waals surface area contributed by atoms with Gasteiger partial charge in [-0.05, 0) is 41.1 Å². The number of halogens is 1. The summed E-state index contributed by atoms with van der Waals surface area (Å²) < 4.78 is 0.769. The molecule has 0 aromatic heterocycles. The van der Waals surface area contributed by atoms with Gasteiger partial charge in [0.25, 0.3) is 0 Å². The summed E-state index contributed by atoms with van der Waals surface area (Å²) in [6, 6.07) is 5.28. The molecule has 0 saturated carbocycles. The van der Waals surface area contributed by atoms with Gasteiger partial charge < -0.3 is 10.8 Å². The van der Waals surface area contributed by atoms with E-state index in [4.69, 9.17) is 11.0 Å². The molecule has 0 radical (unpaired) electrons. The number of nitrogens with two attached hydrogens (primary N) is 1. The lowest BCUT2D eigenvalue weighted by Gasteiger charge is -2.12. The van der Waals surface area contributed by atoms with Gasteiger partial charge in [-0.2, -0.15) is 5.26 Å². The number of hydrogen-bond donors (Lipinski definition) is 2. The highest BCUT2D eigenvalue weighted by molar-refractivity contribution is 14.1. The van der Waals surface area contributed by atoms with Gasteiger partial charge in [0.05, 0.1) is 16.1 Å². The van der Waals surface area contributed by atoms with E-state index in [0.29, 0.717) is 5.56 Å². The summed E-state index contributed by atoms with van der Waals surface area (Å²) >= 11 is 2.05. The summed E-state index contributed by atoms with van der Waals surface area (Å²) in [5.41, 5.74) is 7.44. The number of nitriles is 1. The van der Waals surface area contributed by atoms with Gasteiger partial charge in [0.1, 0.15) is 5.75 Å². The fourth-order valence-corrected chi connectivity index (χ4v) is 2.06. The van der Waals surface area contributed by atoms with E-state index < -0.39 is 6.04 Å². The van der Waals surface area contributed by atoms with Crippen molar-refractivity contribution in [2.75, 3.05) is 0 Å². The van der Waals surface area contributed by atoms with Gasteiger partial charge in [0.15, 0.2) is 0 Å². The largest absolute Gasteiger partial charge is 0.506 e. The zero-order valence-electron chi connectivity index (χ0n) is 7.79. The van der Waals surface area contributed by atoms with Crippen molar-refractivity contribution in [3.63, 3.8) is 0 Å². The van der Waals surface area contributed by atoms with Crippen molar-refractivity contribution in [2.24, 2.45) is 5.73 Å². The van der Waals surface area contributed by atoms with Crippen LogP contribution in [0.5, 0.6) is 5.75 Å². The number of aromatic hydroxyl groups is 1. The first-order valence-electron chi connectivity index (χ1n) is 4.17. The third-order valence-electron chi connectivity index (χ3n) is 1.95. The fraction of sp³-hybridized carbons (Fsp3) is 0.300. The van der Waals surface area contributed by atoms with Gasteiger partial charge in [-0.25, -0.2) is 0 Å². The van der Waals surface area contributed by atoms with Crippen LogP contribution < -0.4 is 5.73 Å². The van der Waals surface area contributed by atoms with Crippen molar-refractivity contribution in [1.82, 2.24) is 0 Å². The van der Waals surface area contributed by atoms with E-state index in [9.17, 15) is 5.11 Å². The first-order valence-corrected chi connectivity index (χ1v) is 5.25. The van der Waals surface area contributed by atoms with Gasteiger partial charge in [-0.3, -0.25) is 0 Å². The lowest BCUT2D eigenvalue weighted by Crippen LogP contribution is -2.10. The number of rotatable bonds is 2. The van der Waals surface area contributed by atoms with Gasteiger partial charge in [0.2, 0.25) is 0 Å². The van der Waals surface area contributed by atoms with Crippen LogP contribution in [0.1, 0.15) is 23.6 Å². The molecule has 0 aliphatic carbocycles. The van der Waals surface area contributed by atoms with Gasteiger partial charge in [-0.15, -0.1) is 0 Å². The van der Waals surface area contributed by atoms with E-state index in [1.807, 2.05) is 47.7 Å². The maximum Gasteiger partial charge on any atom is 0.133 e. The number of phenols is 1. The van der Waals surface area contributed by atoms with Crippen molar-refractivity contribution in [3.05, 3.63) is 26.8 Å². The molecule has 1 aromatic rings. The molecular weight excluding hydrogens is 291 g/mol. The van der Waals surface area contributed by atoms with Gasteiger partial charge in [-0.1, -0.05) is 6.07 Å². The van der Waals surface area contributed by atoms with Crippen molar-refractivity contribution in [3.8, 4) is 11.8 Å². The zero-order valence-corrected chi connectivity index (χ0v) is 9.95. The molecule has 1 rings (SSSR count). The molecule has 4 heteroatoms. The van der Waals surface area contributed by atoms with E-state index >= 15 is 0 Å². The zero-order chi connectivity index (χ0) is 10.7. The van der Waals surface area contributed by atoms with E-state index in [-0.39, 0.29) is 12.2 Å². The predicted molar refractivity (Wildman–Crippen MR) is 62.7 cm³/mol. The van der Waals surface area contributed by atoms with Crippen LogP contribution >= 0.6 is 22.6 Å².